The van der Waals surface area contributed by atoms with Crippen molar-refractivity contribution in [2.75, 3.05) is 13.1 Å². The largest absolute Gasteiger partial charge is 0.508 e. The monoisotopic (exact) mass is 249 g/mol. The van der Waals surface area contributed by atoms with Gasteiger partial charge in [-0.3, -0.25) is 4.79 Å². The topological polar surface area (TPSA) is 60.8 Å². The molecule has 0 aliphatic carbocycles. The van der Waals surface area contributed by atoms with Crippen LogP contribution in [0.25, 0.3) is 0 Å². The Kier molecular flexibility index (Phi) is 3.87. The number of nitrogens with zero attached hydrogens (tertiary/aromatic N) is 1. The lowest BCUT2D eigenvalue weighted by Gasteiger charge is -2.35. The van der Waals surface area contributed by atoms with Gasteiger partial charge in [0, 0.05) is 24.6 Å². The van der Waals surface area contributed by atoms with E-state index in [2.05, 4.69) is 0 Å². The maximum Gasteiger partial charge on any atom is 0.253 e. The van der Waals surface area contributed by atoms with Crippen molar-refractivity contribution in [1.82, 2.24) is 4.90 Å². The summed E-state index contributed by atoms with van der Waals surface area (Å²) in [6.07, 6.45) is 1.22. The predicted molar refractivity (Wildman–Crippen MR) is 68.4 cm³/mol. The fourth-order valence-electron chi connectivity index (χ4n) is 2.39. The number of hydrogen-bond acceptors (Lipinski definition) is 3. The molecule has 0 radical (unpaired) electrons. The summed E-state index contributed by atoms with van der Waals surface area (Å²) in [6.45, 7) is 3.23. The molecule has 2 atom stereocenters. The van der Waals surface area contributed by atoms with Crippen molar-refractivity contribution in [2.24, 2.45) is 5.92 Å². The van der Waals surface area contributed by atoms with Crippen LogP contribution < -0.4 is 0 Å². The third-order valence-electron chi connectivity index (χ3n) is 3.62. The molecule has 0 aromatic heterocycles. The van der Waals surface area contributed by atoms with E-state index in [1.165, 1.54) is 12.1 Å². The summed E-state index contributed by atoms with van der Waals surface area (Å²) in [4.78, 5) is 14.0. The van der Waals surface area contributed by atoms with Crippen molar-refractivity contribution in [3.05, 3.63) is 29.8 Å². The summed E-state index contributed by atoms with van der Waals surface area (Å²) >= 11 is 0. The van der Waals surface area contributed by atoms with Crippen LogP contribution >= 0.6 is 0 Å². The van der Waals surface area contributed by atoms with Crippen molar-refractivity contribution in [3.63, 3.8) is 0 Å². The van der Waals surface area contributed by atoms with Gasteiger partial charge in [-0.15, -0.1) is 0 Å². The zero-order valence-corrected chi connectivity index (χ0v) is 10.5. The van der Waals surface area contributed by atoms with Gasteiger partial charge in [0.05, 0.1) is 6.10 Å². The van der Waals surface area contributed by atoms with Crippen molar-refractivity contribution in [1.29, 1.82) is 0 Å². The molecule has 4 nitrogen and oxygen atoms in total. The molecule has 1 aromatic carbocycles. The number of aliphatic hydroxyl groups is 1. The Morgan fingerprint density at radius 3 is 2.67 bits per heavy atom. The molecule has 1 aliphatic heterocycles. The maximum absolute atomic E-state index is 12.2. The Hall–Kier alpha value is -1.55. The highest BCUT2D eigenvalue weighted by atomic mass is 16.3. The number of benzene rings is 1. The van der Waals surface area contributed by atoms with E-state index in [-0.39, 0.29) is 23.7 Å². The van der Waals surface area contributed by atoms with Gasteiger partial charge < -0.3 is 15.1 Å². The normalized spacial score (nSPS) is 24.0. The molecular weight excluding hydrogens is 230 g/mol. The maximum atomic E-state index is 12.2. The molecule has 2 N–H and O–H groups in total. The van der Waals surface area contributed by atoms with Crippen LogP contribution in [0.1, 0.15) is 30.1 Å². The summed E-state index contributed by atoms with van der Waals surface area (Å²) in [6, 6.07) is 6.29. The lowest BCUT2D eigenvalue weighted by atomic mass is 9.92. The molecule has 1 aliphatic rings. The SMILES string of the molecule is CCC1CN(C(=O)c2ccc(O)cc2)CCC1O. The number of carbonyl (C=O) groups is 1. The number of amides is 1. The van der Waals surface area contributed by atoms with Crippen molar-refractivity contribution >= 4 is 5.91 Å². The lowest BCUT2D eigenvalue weighted by Crippen LogP contribution is -2.45. The zero-order valence-electron chi connectivity index (χ0n) is 10.5. The summed E-state index contributed by atoms with van der Waals surface area (Å²) < 4.78 is 0. The second-order valence-electron chi connectivity index (χ2n) is 4.82. The molecule has 2 unspecified atom stereocenters. The number of carbonyl (C=O) groups excluding carboxylic acids is 1. The number of aliphatic hydroxyl groups excluding tert-OH is 1. The van der Waals surface area contributed by atoms with Gasteiger partial charge in [-0.05, 0) is 37.1 Å². The van der Waals surface area contributed by atoms with Gasteiger partial charge in [0.2, 0.25) is 0 Å². The van der Waals surface area contributed by atoms with E-state index >= 15 is 0 Å². The Morgan fingerprint density at radius 1 is 1.39 bits per heavy atom. The Bertz CT molecular complexity index is 416. The van der Waals surface area contributed by atoms with Gasteiger partial charge in [0.25, 0.3) is 5.91 Å². The molecule has 1 aromatic rings. The minimum atomic E-state index is -0.293. The molecule has 1 heterocycles. The number of likely N-dealkylation sites (tertiary alicyclic amines) is 1. The number of aromatic hydroxyl groups is 1. The smallest absolute Gasteiger partial charge is 0.253 e. The first kappa shape index (κ1) is 12.9. The molecule has 4 heteroatoms. The second-order valence-corrected chi connectivity index (χ2v) is 4.82. The summed E-state index contributed by atoms with van der Waals surface area (Å²) in [5.74, 6) is 0.298. The zero-order chi connectivity index (χ0) is 13.1. The van der Waals surface area contributed by atoms with E-state index in [0.29, 0.717) is 25.1 Å². The van der Waals surface area contributed by atoms with Gasteiger partial charge in [-0.2, -0.15) is 0 Å². The van der Waals surface area contributed by atoms with Crippen molar-refractivity contribution in [3.8, 4) is 5.75 Å². The molecule has 0 saturated carbocycles. The molecule has 1 amide bonds. The summed E-state index contributed by atoms with van der Waals surface area (Å²) in [5.41, 5.74) is 0.582. The minimum Gasteiger partial charge on any atom is -0.508 e. The Morgan fingerprint density at radius 2 is 2.06 bits per heavy atom. The minimum absolute atomic E-state index is 0.0275. The number of phenols is 1. The highest BCUT2D eigenvalue weighted by molar-refractivity contribution is 5.94. The molecule has 18 heavy (non-hydrogen) atoms. The Balaban J connectivity index is 2.07. The van der Waals surface area contributed by atoms with Crippen molar-refractivity contribution in [2.45, 2.75) is 25.9 Å². The molecular formula is C14H19NO3. The first-order valence-electron chi connectivity index (χ1n) is 6.38. The average molecular weight is 249 g/mol. The van der Waals surface area contributed by atoms with E-state index in [9.17, 15) is 15.0 Å². The highest BCUT2D eigenvalue weighted by Crippen LogP contribution is 2.22. The standard InChI is InChI=1S/C14H19NO3/c1-2-10-9-15(8-7-13(10)17)14(18)11-3-5-12(16)6-4-11/h3-6,10,13,16-17H,2,7-9H2,1H3. The van der Waals surface area contributed by atoms with E-state index in [4.69, 9.17) is 0 Å². The third-order valence-corrected chi connectivity index (χ3v) is 3.62. The fourth-order valence-corrected chi connectivity index (χ4v) is 2.39. The summed E-state index contributed by atoms with van der Waals surface area (Å²) in [5, 5.41) is 19.0. The first-order chi connectivity index (χ1) is 8.61. The van der Waals surface area contributed by atoms with E-state index in [1.54, 1.807) is 17.0 Å². The van der Waals surface area contributed by atoms with Crippen LogP contribution in [0.2, 0.25) is 0 Å². The lowest BCUT2D eigenvalue weighted by molar-refractivity contribution is 0.0229. The number of rotatable bonds is 2. The molecule has 1 fully saturated rings. The van der Waals surface area contributed by atoms with E-state index < -0.39 is 0 Å². The second kappa shape index (κ2) is 5.40. The molecule has 98 valence electrons. The van der Waals surface area contributed by atoms with Crippen molar-refractivity contribution < 1.29 is 15.0 Å². The van der Waals surface area contributed by atoms with Crippen LogP contribution in [-0.2, 0) is 0 Å². The van der Waals surface area contributed by atoms with Crippen LogP contribution in [0.15, 0.2) is 24.3 Å². The molecule has 2 rings (SSSR count). The van der Waals surface area contributed by atoms with Gasteiger partial charge in [-0.25, -0.2) is 0 Å². The van der Waals surface area contributed by atoms with Crippen LogP contribution in [-0.4, -0.2) is 40.2 Å². The van der Waals surface area contributed by atoms with Gasteiger partial charge in [-0.1, -0.05) is 6.92 Å². The average Bonchev–Trinajstić information content (AvgIpc) is 2.39. The third kappa shape index (κ3) is 2.64. The van der Waals surface area contributed by atoms with Crippen LogP contribution in [0.3, 0.4) is 0 Å². The number of hydrogen-bond donors (Lipinski definition) is 2. The molecule has 0 spiro atoms. The Labute approximate surface area is 107 Å². The quantitative estimate of drug-likeness (QED) is 0.837. The van der Waals surface area contributed by atoms with Gasteiger partial charge >= 0.3 is 0 Å². The summed E-state index contributed by atoms with van der Waals surface area (Å²) in [7, 11) is 0. The van der Waals surface area contributed by atoms with E-state index in [1.807, 2.05) is 6.92 Å². The van der Waals surface area contributed by atoms with Crippen LogP contribution in [0, 0.1) is 5.92 Å². The number of piperidine rings is 1. The first-order valence-corrected chi connectivity index (χ1v) is 6.38. The van der Waals surface area contributed by atoms with Crippen LogP contribution in [0.5, 0.6) is 5.75 Å². The van der Waals surface area contributed by atoms with Crippen LogP contribution in [0.4, 0.5) is 0 Å². The fraction of sp³-hybridized carbons (Fsp3) is 0.500. The van der Waals surface area contributed by atoms with Gasteiger partial charge in [0.15, 0.2) is 0 Å². The number of phenolic OH excluding ortho intramolecular Hbond substituents is 1. The van der Waals surface area contributed by atoms with E-state index in [0.717, 1.165) is 6.42 Å². The highest BCUT2D eigenvalue weighted by Gasteiger charge is 2.29. The predicted octanol–water partition coefficient (Wildman–Crippen LogP) is 1.63. The molecule has 1 saturated heterocycles. The van der Waals surface area contributed by atoms with Gasteiger partial charge in [0.1, 0.15) is 5.75 Å². The molecule has 0 bridgehead atoms.